The van der Waals surface area contributed by atoms with Crippen molar-refractivity contribution < 1.29 is 4.79 Å². The van der Waals surface area contributed by atoms with Gasteiger partial charge in [-0.2, -0.15) is 0 Å². The number of fused-ring (bicyclic) bond motifs is 2. The summed E-state index contributed by atoms with van der Waals surface area (Å²) < 4.78 is 1.12. The molecule has 5 rings (SSSR count). The lowest BCUT2D eigenvalue weighted by atomic mass is 10.0. The maximum absolute atomic E-state index is 12.3. The van der Waals surface area contributed by atoms with Crippen molar-refractivity contribution in [2.75, 3.05) is 10.6 Å². The van der Waals surface area contributed by atoms with Crippen LogP contribution in [0.15, 0.2) is 48.5 Å². The Morgan fingerprint density at radius 3 is 2.77 bits per heavy atom. The molecule has 26 heavy (non-hydrogen) atoms. The Bertz CT molecular complexity index is 1180. The van der Waals surface area contributed by atoms with E-state index in [1.807, 2.05) is 31.2 Å². The second-order valence-electron chi connectivity index (χ2n) is 6.69. The minimum Gasteiger partial charge on any atom is -0.308 e. The summed E-state index contributed by atoms with van der Waals surface area (Å²) in [5.41, 5.74) is 5.65. The van der Waals surface area contributed by atoms with Gasteiger partial charge in [0.15, 0.2) is 5.13 Å². The fourth-order valence-corrected chi connectivity index (χ4v) is 4.68. The van der Waals surface area contributed by atoms with Crippen LogP contribution < -0.4 is 10.6 Å². The number of urea groups is 1. The number of hydrogen-bond donors (Lipinski definition) is 2. The molecule has 0 fully saturated rings. The van der Waals surface area contributed by atoms with E-state index in [4.69, 9.17) is 4.98 Å². The van der Waals surface area contributed by atoms with Crippen LogP contribution in [0.1, 0.15) is 16.7 Å². The Morgan fingerprint density at radius 2 is 1.88 bits per heavy atom. The minimum atomic E-state index is -0.271. The lowest BCUT2D eigenvalue weighted by Crippen LogP contribution is -2.19. The average Bonchev–Trinajstić information content (AvgIpc) is 3.20. The number of benzene rings is 3. The number of rotatable bonds is 2. The van der Waals surface area contributed by atoms with Crippen molar-refractivity contribution >= 4 is 49.2 Å². The highest BCUT2D eigenvalue weighted by Crippen LogP contribution is 2.39. The maximum Gasteiger partial charge on any atom is 0.325 e. The van der Waals surface area contributed by atoms with Gasteiger partial charge in [0, 0.05) is 11.1 Å². The lowest BCUT2D eigenvalue weighted by molar-refractivity contribution is 0.262. The summed E-state index contributed by atoms with van der Waals surface area (Å²) in [6.07, 6.45) is 2.19. The average molecular weight is 359 g/mol. The molecule has 4 nitrogen and oxygen atoms in total. The first kappa shape index (κ1) is 15.3. The van der Waals surface area contributed by atoms with Crippen LogP contribution in [0.4, 0.5) is 15.6 Å². The Hall–Kier alpha value is -2.92. The van der Waals surface area contributed by atoms with Crippen LogP contribution >= 0.6 is 11.3 Å². The molecule has 0 atom stereocenters. The second kappa shape index (κ2) is 5.81. The standard InChI is InChI=1S/C21H17N3OS/c1-12-4-2-6-15(10-12)22-20(25)24-21-23-19-16-7-3-5-13-8-9-14(18(13)16)11-17(19)26-21/h2-7,10-11H,8-9H2,1H3,(H2,22,23,24,25). The third-order valence-corrected chi connectivity index (χ3v) is 5.76. The number of aryl methyl sites for hydroxylation is 3. The van der Waals surface area contributed by atoms with Gasteiger partial charge in [-0.3, -0.25) is 5.32 Å². The van der Waals surface area contributed by atoms with Gasteiger partial charge in [-0.25, -0.2) is 9.78 Å². The van der Waals surface area contributed by atoms with Crippen LogP contribution in [0.2, 0.25) is 0 Å². The molecule has 1 heterocycles. The monoisotopic (exact) mass is 359 g/mol. The zero-order valence-electron chi connectivity index (χ0n) is 14.3. The van der Waals surface area contributed by atoms with Gasteiger partial charge in [-0.1, -0.05) is 41.7 Å². The molecule has 0 aliphatic heterocycles. The molecule has 1 aromatic heterocycles. The summed E-state index contributed by atoms with van der Waals surface area (Å²) in [5.74, 6) is 0. The van der Waals surface area contributed by atoms with Crippen molar-refractivity contribution in [2.24, 2.45) is 0 Å². The van der Waals surface area contributed by atoms with Gasteiger partial charge in [0.25, 0.3) is 0 Å². The molecule has 0 saturated heterocycles. The van der Waals surface area contributed by atoms with E-state index in [0.29, 0.717) is 5.13 Å². The summed E-state index contributed by atoms with van der Waals surface area (Å²) in [6, 6.07) is 16.1. The smallest absolute Gasteiger partial charge is 0.308 e. The zero-order chi connectivity index (χ0) is 17.7. The van der Waals surface area contributed by atoms with Crippen molar-refractivity contribution in [2.45, 2.75) is 19.8 Å². The number of hydrogen-bond acceptors (Lipinski definition) is 3. The summed E-state index contributed by atoms with van der Waals surface area (Å²) in [5, 5.41) is 8.89. The zero-order valence-corrected chi connectivity index (χ0v) is 15.1. The van der Waals surface area contributed by atoms with Crippen molar-refractivity contribution in [3.05, 3.63) is 65.2 Å². The Labute approximate surface area is 154 Å². The Balaban J connectivity index is 1.48. The van der Waals surface area contributed by atoms with Crippen molar-refractivity contribution in [3.8, 4) is 0 Å². The van der Waals surface area contributed by atoms with Gasteiger partial charge in [0.2, 0.25) is 0 Å². The van der Waals surface area contributed by atoms with Gasteiger partial charge < -0.3 is 5.32 Å². The third kappa shape index (κ3) is 2.52. The predicted octanol–water partition coefficient (Wildman–Crippen LogP) is 5.50. The number of carbonyl (C=O) groups is 1. The normalized spacial score (nSPS) is 12.7. The van der Waals surface area contributed by atoms with Crippen LogP contribution in [0.25, 0.3) is 21.0 Å². The highest BCUT2D eigenvalue weighted by Gasteiger charge is 2.18. The number of carbonyl (C=O) groups excluding carboxylic acids is 1. The molecular weight excluding hydrogens is 342 g/mol. The largest absolute Gasteiger partial charge is 0.325 e. The van der Waals surface area contributed by atoms with Crippen molar-refractivity contribution in [3.63, 3.8) is 0 Å². The molecule has 4 aromatic rings. The molecule has 0 bridgehead atoms. The fourth-order valence-electron chi connectivity index (χ4n) is 3.74. The fraction of sp³-hybridized carbons (Fsp3) is 0.143. The van der Waals surface area contributed by atoms with Crippen LogP contribution in [-0.2, 0) is 12.8 Å². The first-order valence-electron chi connectivity index (χ1n) is 8.66. The summed E-state index contributed by atoms with van der Waals surface area (Å²) in [7, 11) is 0. The van der Waals surface area contributed by atoms with Crippen molar-refractivity contribution in [1.29, 1.82) is 0 Å². The van der Waals surface area contributed by atoms with E-state index >= 15 is 0 Å². The maximum atomic E-state index is 12.3. The first-order valence-corrected chi connectivity index (χ1v) is 9.48. The van der Waals surface area contributed by atoms with Gasteiger partial charge in [-0.05, 0) is 60.0 Å². The van der Waals surface area contributed by atoms with Gasteiger partial charge in [-0.15, -0.1) is 0 Å². The van der Waals surface area contributed by atoms with Gasteiger partial charge in [0.05, 0.1) is 10.2 Å². The van der Waals surface area contributed by atoms with Gasteiger partial charge in [0.1, 0.15) is 0 Å². The summed E-state index contributed by atoms with van der Waals surface area (Å²) in [6.45, 7) is 2.00. The summed E-state index contributed by atoms with van der Waals surface area (Å²) in [4.78, 5) is 17.0. The van der Waals surface area contributed by atoms with E-state index in [1.54, 1.807) is 0 Å². The predicted molar refractivity (Wildman–Crippen MR) is 108 cm³/mol. The molecule has 1 aliphatic carbocycles. The Kier molecular flexibility index (Phi) is 3.43. The van der Waals surface area contributed by atoms with E-state index in [9.17, 15) is 4.79 Å². The van der Waals surface area contributed by atoms with E-state index in [1.165, 1.54) is 33.2 Å². The third-order valence-electron chi connectivity index (χ3n) is 4.85. The second-order valence-corrected chi connectivity index (χ2v) is 7.72. The highest BCUT2D eigenvalue weighted by molar-refractivity contribution is 7.22. The van der Waals surface area contributed by atoms with Crippen LogP contribution in [-0.4, -0.2) is 11.0 Å². The minimum absolute atomic E-state index is 0.271. The molecule has 5 heteroatoms. The van der Waals surface area contributed by atoms with E-state index in [2.05, 4.69) is 34.9 Å². The van der Waals surface area contributed by atoms with E-state index in [-0.39, 0.29) is 6.03 Å². The highest BCUT2D eigenvalue weighted by atomic mass is 32.1. The molecule has 0 spiro atoms. The molecule has 0 radical (unpaired) electrons. The number of nitrogens with zero attached hydrogens (tertiary/aromatic N) is 1. The van der Waals surface area contributed by atoms with Crippen LogP contribution in [0, 0.1) is 6.92 Å². The number of amides is 2. The molecule has 2 N–H and O–H groups in total. The topological polar surface area (TPSA) is 54.0 Å². The molecular formula is C21H17N3OS. The number of thiazole rings is 1. The molecule has 3 aromatic carbocycles. The molecule has 0 unspecified atom stereocenters. The Morgan fingerprint density at radius 1 is 1.04 bits per heavy atom. The molecule has 2 amide bonds. The van der Waals surface area contributed by atoms with E-state index in [0.717, 1.165) is 34.3 Å². The quantitative estimate of drug-likeness (QED) is 0.496. The summed E-state index contributed by atoms with van der Waals surface area (Å²) >= 11 is 1.52. The number of aromatic nitrogens is 1. The first-order chi connectivity index (χ1) is 12.7. The number of nitrogens with one attached hydrogen (secondary N) is 2. The molecule has 0 saturated carbocycles. The van der Waals surface area contributed by atoms with Crippen molar-refractivity contribution in [1.82, 2.24) is 4.98 Å². The number of anilines is 2. The molecule has 1 aliphatic rings. The van der Waals surface area contributed by atoms with Crippen LogP contribution in [0.5, 0.6) is 0 Å². The SMILES string of the molecule is Cc1cccc(NC(=O)Nc2nc3c(cc4c5c(cccc53)CC4)s2)c1. The van der Waals surface area contributed by atoms with Gasteiger partial charge >= 0.3 is 6.03 Å². The lowest BCUT2D eigenvalue weighted by Gasteiger charge is -2.05. The molecule has 128 valence electrons. The van der Waals surface area contributed by atoms with Crippen LogP contribution in [0.3, 0.4) is 0 Å². The van der Waals surface area contributed by atoms with E-state index < -0.39 is 0 Å².